The first-order chi connectivity index (χ1) is 6.73. The summed E-state index contributed by atoms with van der Waals surface area (Å²) in [7, 11) is -3.34. The minimum absolute atomic E-state index is 0.383. The Morgan fingerprint density at radius 2 is 2.00 bits per heavy atom. The van der Waals surface area contributed by atoms with Crippen LogP contribution in [0.25, 0.3) is 0 Å². The Labute approximate surface area is 109 Å². The van der Waals surface area contributed by atoms with Gasteiger partial charge in [-0.25, -0.2) is 8.42 Å². The molecule has 0 bridgehead atoms. The number of Topliss-reactive ketones (excluding diaryl/α,β-unsaturated/α-hetero) is 1. The highest BCUT2D eigenvalue weighted by molar-refractivity contribution is 9.12. The molecule has 0 saturated carbocycles. The zero-order chi connectivity index (χ0) is 11.8. The second kappa shape index (κ2) is 4.65. The van der Waals surface area contributed by atoms with Gasteiger partial charge in [0.1, 0.15) is 5.25 Å². The smallest absolute Gasteiger partial charge is 0.182 e. The monoisotopic (exact) mass is 374 g/mol. The molecule has 0 aliphatic carbocycles. The lowest BCUT2D eigenvalue weighted by Gasteiger charge is -2.06. The van der Waals surface area contributed by atoms with E-state index in [2.05, 4.69) is 31.9 Å². The molecule has 0 N–H and O–H groups in total. The van der Waals surface area contributed by atoms with Crippen molar-refractivity contribution in [2.24, 2.45) is 0 Å². The molecule has 0 radical (unpaired) electrons. The Morgan fingerprint density at radius 3 is 2.33 bits per heavy atom. The van der Waals surface area contributed by atoms with Crippen LogP contribution in [0.2, 0.25) is 0 Å². The Bertz CT molecular complexity index is 490. The van der Waals surface area contributed by atoms with Gasteiger partial charge >= 0.3 is 0 Å². The van der Waals surface area contributed by atoms with Crippen LogP contribution in [0.5, 0.6) is 0 Å². The molecule has 84 valence electrons. The van der Waals surface area contributed by atoms with Crippen LogP contribution in [0, 0.1) is 0 Å². The lowest BCUT2D eigenvalue weighted by molar-refractivity contribution is 0.0991. The molecule has 15 heavy (non-hydrogen) atoms. The van der Waals surface area contributed by atoms with Crippen molar-refractivity contribution in [2.75, 3.05) is 6.26 Å². The van der Waals surface area contributed by atoms with Crippen LogP contribution in [0.15, 0.2) is 13.6 Å². The van der Waals surface area contributed by atoms with E-state index in [4.69, 9.17) is 0 Å². The summed E-state index contributed by atoms with van der Waals surface area (Å²) in [6, 6.07) is 1.62. The quantitative estimate of drug-likeness (QED) is 0.763. The highest BCUT2D eigenvalue weighted by Crippen LogP contribution is 2.33. The van der Waals surface area contributed by atoms with E-state index in [1.54, 1.807) is 6.07 Å². The molecule has 0 fully saturated rings. The Morgan fingerprint density at radius 1 is 1.47 bits per heavy atom. The van der Waals surface area contributed by atoms with Crippen molar-refractivity contribution in [1.29, 1.82) is 0 Å². The molecule has 0 aromatic carbocycles. The molecule has 7 heteroatoms. The molecule has 0 aliphatic rings. The van der Waals surface area contributed by atoms with Crippen molar-refractivity contribution in [3.05, 3.63) is 19.2 Å². The fraction of sp³-hybridized carbons (Fsp3) is 0.375. The summed E-state index contributed by atoms with van der Waals surface area (Å²) in [5.74, 6) is -0.383. The van der Waals surface area contributed by atoms with Crippen LogP contribution in [0.4, 0.5) is 0 Å². The number of hydrogen-bond donors (Lipinski definition) is 0. The zero-order valence-electron chi connectivity index (χ0n) is 7.95. The first-order valence-corrected chi connectivity index (χ1v) is 8.27. The first-order valence-electron chi connectivity index (χ1n) is 3.91. The van der Waals surface area contributed by atoms with Crippen molar-refractivity contribution in [3.63, 3.8) is 0 Å². The Kier molecular flexibility index (Phi) is 4.13. The summed E-state index contributed by atoms with van der Waals surface area (Å²) in [6.45, 7) is 1.40. The van der Waals surface area contributed by atoms with Crippen LogP contribution >= 0.6 is 43.2 Å². The molecule has 1 aromatic heterocycles. The zero-order valence-corrected chi connectivity index (χ0v) is 12.8. The molecule has 1 unspecified atom stereocenters. The molecule has 0 amide bonds. The normalized spacial score (nSPS) is 13.9. The van der Waals surface area contributed by atoms with Gasteiger partial charge in [0.2, 0.25) is 0 Å². The first kappa shape index (κ1) is 13.3. The van der Waals surface area contributed by atoms with Gasteiger partial charge < -0.3 is 0 Å². The van der Waals surface area contributed by atoms with Crippen LogP contribution in [-0.4, -0.2) is 25.7 Å². The van der Waals surface area contributed by atoms with Gasteiger partial charge in [-0.1, -0.05) is 0 Å². The number of ketones is 1. The molecule has 0 saturated heterocycles. The van der Waals surface area contributed by atoms with Crippen LogP contribution < -0.4 is 0 Å². The van der Waals surface area contributed by atoms with E-state index in [0.29, 0.717) is 9.35 Å². The second-order valence-corrected chi connectivity index (χ2v) is 9.19. The van der Waals surface area contributed by atoms with Gasteiger partial charge in [0, 0.05) is 11.8 Å². The van der Waals surface area contributed by atoms with Crippen LogP contribution in [0.3, 0.4) is 0 Å². The highest BCUT2D eigenvalue weighted by atomic mass is 79.9. The van der Waals surface area contributed by atoms with Gasteiger partial charge in [-0.3, -0.25) is 4.79 Å². The Balaban J connectivity index is 3.11. The maximum Gasteiger partial charge on any atom is 0.182 e. The number of carbonyl (C=O) groups is 1. The largest absolute Gasteiger partial charge is 0.293 e. The topological polar surface area (TPSA) is 51.2 Å². The molecule has 0 aliphatic heterocycles. The number of hydrogen-bond acceptors (Lipinski definition) is 4. The lowest BCUT2D eigenvalue weighted by atomic mass is 10.2. The van der Waals surface area contributed by atoms with E-state index in [1.807, 2.05) is 0 Å². The summed E-state index contributed by atoms with van der Waals surface area (Å²) in [5, 5.41) is -1.00. The molecule has 1 heterocycles. The number of rotatable bonds is 3. The van der Waals surface area contributed by atoms with Crippen LogP contribution in [-0.2, 0) is 9.84 Å². The van der Waals surface area contributed by atoms with Gasteiger partial charge in [0.25, 0.3) is 0 Å². The minimum Gasteiger partial charge on any atom is -0.293 e. The minimum atomic E-state index is -3.34. The van der Waals surface area contributed by atoms with E-state index < -0.39 is 15.1 Å². The van der Waals surface area contributed by atoms with Gasteiger partial charge in [-0.05, 0) is 44.8 Å². The third kappa shape index (κ3) is 3.12. The Hall–Kier alpha value is 0.280. The molecular weight excluding hydrogens is 368 g/mol. The third-order valence-corrected chi connectivity index (χ3v) is 5.77. The summed E-state index contributed by atoms with van der Waals surface area (Å²) >= 11 is 7.81. The maximum absolute atomic E-state index is 11.8. The maximum atomic E-state index is 11.8. The van der Waals surface area contributed by atoms with E-state index in [9.17, 15) is 13.2 Å². The van der Waals surface area contributed by atoms with Crippen molar-refractivity contribution < 1.29 is 13.2 Å². The van der Waals surface area contributed by atoms with E-state index in [-0.39, 0.29) is 5.78 Å². The fourth-order valence-corrected chi connectivity index (χ4v) is 4.25. The van der Waals surface area contributed by atoms with Gasteiger partial charge in [-0.2, -0.15) is 0 Å². The average molecular weight is 376 g/mol. The molecule has 0 spiro atoms. The van der Waals surface area contributed by atoms with E-state index >= 15 is 0 Å². The van der Waals surface area contributed by atoms with Crippen molar-refractivity contribution >= 4 is 58.8 Å². The average Bonchev–Trinajstić information content (AvgIpc) is 2.41. The van der Waals surface area contributed by atoms with Gasteiger partial charge in [0.15, 0.2) is 15.6 Å². The van der Waals surface area contributed by atoms with Crippen molar-refractivity contribution in [3.8, 4) is 0 Å². The predicted molar refractivity (Wildman–Crippen MR) is 68.4 cm³/mol. The molecule has 3 nitrogen and oxygen atoms in total. The molecule has 1 rings (SSSR count). The van der Waals surface area contributed by atoms with Gasteiger partial charge in [0.05, 0.1) is 7.57 Å². The predicted octanol–water partition coefficient (Wildman–Crippen LogP) is 2.89. The standard InChI is InChI=1S/C8H8Br2O3S2/c1-4(15(2,12)13)7(11)5-3-6(9)14-8(5)10/h3-4H,1-2H3. The molecular formula is C8H8Br2O3S2. The van der Waals surface area contributed by atoms with Gasteiger partial charge in [-0.15, -0.1) is 11.3 Å². The number of carbonyl (C=O) groups excluding carboxylic acids is 1. The fourth-order valence-electron chi connectivity index (χ4n) is 0.922. The van der Waals surface area contributed by atoms with Crippen LogP contribution in [0.1, 0.15) is 17.3 Å². The lowest BCUT2D eigenvalue weighted by Crippen LogP contribution is -2.26. The van der Waals surface area contributed by atoms with E-state index in [0.717, 1.165) is 10.0 Å². The molecule has 1 aromatic rings. The SMILES string of the molecule is CC(C(=O)c1cc(Br)sc1Br)S(C)(=O)=O. The van der Waals surface area contributed by atoms with E-state index in [1.165, 1.54) is 18.3 Å². The highest BCUT2D eigenvalue weighted by Gasteiger charge is 2.27. The summed E-state index contributed by atoms with van der Waals surface area (Å²) < 4.78 is 23.9. The third-order valence-electron chi connectivity index (χ3n) is 1.93. The number of sulfone groups is 1. The summed E-state index contributed by atoms with van der Waals surface area (Å²) in [6.07, 6.45) is 1.06. The second-order valence-electron chi connectivity index (χ2n) is 3.07. The number of halogens is 2. The van der Waals surface area contributed by atoms with Crippen molar-refractivity contribution in [2.45, 2.75) is 12.2 Å². The van der Waals surface area contributed by atoms with Crippen molar-refractivity contribution in [1.82, 2.24) is 0 Å². The summed E-state index contributed by atoms with van der Waals surface area (Å²) in [5.41, 5.74) is 0.407. The molecule has 1 atom stereocenters. The summed E-state index contributed by atoms with van der Waals surface area (Å²) in [4.78, 5) is 11.8. The number of thiophene rings is 1.